The lowest BCUT2D eigenvalue weighted by molar-refractivity contribution is 0.939. The Hall–Kier alpha value is -0.830. The average molecular weight is 159 g/mol. The number of aromatic amines is 1. The van der Waals surface area contributed by atoms with Gasteiger partial charge in [0.05, 0.1) is 11.2 Å². The van der Waals surface area contributed by atoms with Crippen LogP contribution < -0.4 is 5.56 Å². The lowest BCUT2D eigenvalue weighted by Crippen LogP contribution is -2.13. The van der Waals surface area contributed by atoms with E-state index >= 15 is 0 Å². The fourth-order valence-corrected chi connectivity index (χ4v) is 0.999. The average Bonchev–Trinajstić information content (AvgIpc) is 1.88. The maximum absolute atomic E-state index is 10.9. The number of hydrogen-bond donors (Lipinski definition) is 1. The summed E-state index contributed by atoms with van der Waals surface area (Å²) in [5.41, 5.74) is 0.395. The summed E-state index contributed by atoms with van der Waals surface area (Å²) in [5.74, 6) is 0. The molecule has 0 fully saturated rings. The van der Waals surface area contributed by atoms with E-state index in [-0.39, 0.29) is 5.56 Å². The Bertz CT molecular complexity index is 281. The minimum Gasteiger partial charge on any atom is -0.268 e. The van der Waals surface area contributed by atoms with E-state index in [1.165, 1.54) is 6.20 Å². The monoisotopic (exact) mass is 158 g/mol. The van der Waals surface area contributed by atoms with Crippen molar-refractivity contribution in [2.45, 2.75) is 13.3 Å². The van der Waals surface area contributed by atoms with Crippen LogP contribution >= 0.6 is 11.6 Å². The van der Waals surface area contributed by atoms with Gasteiger partial charge in [-0.15, -0.1) is 0 Å². The van der Waals surface area contributed by atoms with Gasteiger partial charge >= 0.3 is 0 Å². The first-order valence-electron chi connectivity index (χ1n) is 2.97. The van der Waals surface area contributed by atoms with Crippen LogP contribution in [0.5, 0.6) is 0 Å². The van der Waals surface area contributed by atoms with E-state index < -0.39 is 0 Å². The minimum absolute atomic E-state index is 0.199. The fraction of sp³-hybridized carbons (Fsp3) is 0.333. The van der Waals surface area contributed by atoms with Crippen molar-refractivity contribution in [3.8, 4) is 0 Å². The van der Waals surface area contributed by atoms with Crippen LogP contribution in [0.25, 0.3) is 0 Å². The van der Waals surface area contributed by atoms with Crippen molar-refractivity contribution in [3.63, 3.8) is 0 Å². The predicted molar refractivity (Wildman–Crippen MR) is 39.2 cm³/mol. The molecule has 1 heterocycles. The van der Waals surface area contributed by atoms with Crippen molar-refractivity contribution < 1.29 is 0 Å². The zero-order valence-corrected chi connectivity index (χ0v) is 6.27. The summed E-state index contributed by atoms with van der Waals surface area (Å²) in [6.07, 6.45) is 2.07. The standard InChI is InChI=1S/C6H7ClN2O/c1-2-4-5(7)3-8-9-6(4)10/h3H,2H2,1H3,(H,9,10). The molecule has 0 aliphatic heterocycles. The number of hydrogen-bond acceptors (Lipinski definition) is 2. The molecule has 54 valence electrons. The molecule has 1 aromatic rings. The third-order valence-electron chi connectivity index (χ3n) is 1.26. The van der Waals surface area contributed by atoms with Crippen molar-refractivity contribution in [2.24, 2.45) is 0 Å². The van der Waals surface area contributed by atoms with Crippen LogP contribution in [0.4, 0.5) is 0 Å². The molecule has 0 saturated heterocycles. The Balaban J connectivity index is 3.31. The lowest BCUT2D eigenvalue weighted by atomic mass is 10.2. The Kier molecular flexibility index (Phi) is 2.06. The second-order valence-corrected chi connectivity index (χ2v) is 2.29. The summed E-state index contributed by atoms with van der Waals surface area (Å²) in [4.78, 5) is 10.9. The highest BCUT2D eigenvalue weighted by atomic mass is 35.5. The zero-order chi connectivity index (χ0) is 7.56. The highest BCUT2D eigenvalue weighted by Crippen LogP contribution is 2.08. The summed E-state index contributed by atoms with van der Waals surface area (Å²) in [7, 11) is 0. The Morgan fingerprint density at radius 3 is 2.90 bits per heavy atom. The second-order valence-electron chi connectivity index (χ2n) is 1.88. The molecule has 1 aromatic heterocycles. The molecule has 0 aliphatic rings. The van der Waals surface area contributed by atoms with Gasteiger partial charge in [0.1, 0.15) is 0 Å². The summed E-state index contributed by atoms with van der Waals surface area (Å²) < 4.78 is 0. The van der Waals surface area contributed by atoms with Crippen LogP contribution in [0.3, 0.4) is 0 Å². The maximum Gasteiger partial charge on any atom is 0.268 e. The van der Waals surface area contributed by atoms with Gasteiger partial charge in [-0.2, -0.15) is 5.10 Å². The number of halogens is 1. The molecular weight excluding hydrogens is 152 g/mol. The fourth-order valence-electron chi connectivity index (χ4n) is 0.731. The van der Waals surface area contributed by atoms with Crippen LogP contribution in [0, 0.1) is 0 Å². The third-order valence-corrected chi connectivity index (χ3v) is 1.59. The van der Waals surface area contributed by atoms with E-state index in [0.29, 0.717) is 17.0 Å². The van der Waals surface area contributed by atoms with Gasteiger partial charge in [-0.3, -0.25) is 4.79 Å². The molecule has 0 amide bonds. The van der Waals surface area contributed by atoms with Crippen molar-refractivity contribution in [2.75, 3.05) is 0 Å². The van der Waals surface area contributed by atoms with Crippen molar-refractivity contribution in [1.82, 2.24) is 10.2 Å². The van der Waals surface area contributed by atoms with E-state index in [4.69, 9.17) is 11.6 Å². The number of nitrogens with zero attached hydrogens (tertiary/aromatic N) is 1. The maximum atomic E-state index is 10.9. The topological polar surface area (TPSA) is 45.8 Å². The smallest absolute Gasteiger partial charge is 0.268 e. The molecule has 10 heavy (non-hydrogen) atoms. The summed E-state index contributed by atoms with van der Waals surface area (Å²) >= 11 is 5.65. The number of nitrogens with one attached hydrogen (secondary N) is 1. The molecule has 0 aromatic carbocycles. The SMILES string of the molecule is CCc1c(Cl)cn[nH]c1=O. The number of rotatable bonds is 1. The number of aromatic nitrogens is 2. The molecule has 0 aliphatic carbocycles. The van der Waals surface area contributed by atoms with E-state index in [1.54, 1.807) is 0 Å². The van der Waals surface area contributed by atoms with Crippen LogP contribution in [-0.4, -0.2) is 10.2 Å². The Morgan fingerprint density at radius 2 is 2.50 bits per heavy atom. The van der Waals surface area contributed by atoms with Crippen molar-refractivity contribution >= 4 is 11.6 Å². The quantitative estimate of drug-likeness (QED) is 0.663. The molecule has 0 bridgehead atoms. The molecule has 0 unspecified atom stereocenters. The largest absolute Gasteiger partial charge is 0.268 e. The molecule has 1 rings (SSSR count). The van der Waals surface area contributed by atoms with Gasteiger partial charge in [0.15, 0.2) is 0 Å². The molecular formula is C6H7ClN2O. The first kappa shape index (κ1) is 7.28. The zero-order valence-electron chi connectivity index (χ0n) is 5.52. The summed E-state index contributed by atoms with van der Waals surface area (Å²) in [6, 6.07) is 0. The van der Waals surface area contributed by atoms with Gasteiger partial charge in [-0.25, -0.2) is 5.10 Å². The lowest BCUT2D eigenvalue weighted by Gasteiger charge is -1.94. The van der Waals surface area contributed by atoms with Gasteiger partial charge in [0.2, 0.25) is 0 Å². The second kappa shape index (κ2) is 2.84. The highest BCUT2D eigenvalue weighted by Gasteiger charge is 2.00. The molecule has 0 spiro atoms. The minimum atomic E-state index is -0.199. The summed E-state index contributed by atoms with van der Waals surface area (Å²) in [5, 5.41) is 6.26. The van der Waals surface area contributed by atoms with E-state index in [0.717, 1.165) is 0 Å². The van der Waals surface area contributed by atoms with Gasteiger partial charge in [-0.1, -0.05) is 18.5 Å². The molecule has 1 N–H and O–H groups in total. The van der Waals surface area contributed by atoms with E-state index in [2.05, 4.69) is 10.2 Å². The van der Waals surface area contributed by atoms with Crippen LogP contribution in [0.2, 0.25) is 5.02 Å². The van der Waals surface area contributed by atoms with Crippen LogP contribution in [0.15, 0.2) is 11.0 Å². The van der Waals surface area contributed by atoms with Crippen LogP contribution in [0.1, 0.15) is 12.5 Å². The molecule has 0 atom stereocenters. The van der Waals surface area contributed by atoms with E-state index in [1.807, 2.05) is 6.92 Å². The normalized spacial score (nSPS) is 9.80. The van der Waals surface area contributed by atoms with Crippen LogP contribution in [-0.2, 0) is 6.42 Å². The molecule has 4 heteroatoms. The Morgan fingerprint density at radius 1 is 1.80 bits per heavy atom. The molecule has 0 radical (unpaired) electrons. The summed E-state index contributed by atoms with van der Waals surface area (Å²) in [6.45, 7) is 1.87. The third kappa shape index (κ3) is 1.19. The van der Waals surface area contributed by atoms with Gasteiger partial charge in [0, 0.05) is 5.56 Å². The first-order chi connectivity index (χ1) is 4.75. The molecule has 3 nitrogen and oxygen atoms in total. The predicted octanol–water partition coefficient (Wildman–Crippen LogP) is 0.986. The Labute approximate surface area is 63.0 Å². The number of H-pyrrole nitrogens is 1. The van der Waals surface area contributed by atoms with Gasteiger partial charge in [-0.05, 0) is 6.42 Å². The molecule has 0 saturated carbocycles. The first-order valence-corrected chi connectivity index (χ1v) is 3.35. The van der Waals surface area contributed by atoms with Gasteiger partial charge in [0.25, 0.3) is 5.56 Å². The van der Waals surface area contributed by atoms with Crippen molar-refractivity contribution in [1.29, 1.82) is 0 Å². The van der Waals surface area contributed by atoms with Crippen molar-refractivity contribution in [3.05, 3.63) is 27.1 Å². The highest BCUT2D eigenvalue weighted by molar-refractivity contribution is 6.31. The van der Waals surface area contributed by atoms with Gasteiger partial charge < -0.3 is 0 Å². The van der Waals surface area contributed by atoms with E-state index in [9.17, 15) is 4.79 Å².